The Morgan fingerprint density at radius 3 is 2.71 bits per heavy atom. The fraction of sp³-hybridized carbons (Fsp3) is 0.231. The summed E-state index contributed by atoms with van der Waals surface area (Å²) in [6.07, 6.45) is 1.93. The Morgan fingerprint density at radius 1 is 1.35 bits per heavy atom. The van der Waals surface area contributed by atoms with Crippen molar-refractivity contribution in [3.05, 3.63) is 46.9 Å². The number of carbonyl (C=O) groups is 1. The van der Waals surface area contributed by atoms with E-state index in [2.05, 4.69) is 0 Å². The molecule has 4 heteroatoms. The number of aliphatic carboxylic acids is 1. The minimum Gasteiger partial charge on any atom is -0.480 e. The molecule has 1 atom stereocenters. The lowest BCUT2D eigenvalue weighted by Crippen LogP contribution is -2.29. The first kappa shape index (κ1) is 11.4. The van der Waals surface area contributed by atoms with Crippen LogP contribution < -0.4 is 5.56 Å². The smallest absolute Gasteiger partial charge is 0.326 e. The van der Waals surface area contributed by atoms with Crippen molar-refractivity contribution in [3.8, 4) is 0 Å². The Hall–Kier alpha value is -2.10. The minimum absolute atomic E-state index is 0.252. The maximum Gasteiger partial charge on any atom is 0.326 e. The van der Waals surface area contributed by atoms with Crippen LogP contribution in [0.1, 0.15) is 19.4 Å². The fourth-order valence-electron chi connectivity index (χ4n) is 1.94. The predicted octanol–water partition coefficient (Wildman–Crippen LogP) is 2.04. The summed E-state index contributed by atoms with van der Waals surface area (Å²) in [6, 6.07) is 8.14. The summed E-state index contributed by atoms with van der Waals surface area (Å²) in [4.78, 5) is 23.2. The number of hydrogen-bond acceptors (Lipinski definition) is 2. The quantitative estimate of drug-likeness (QED) is 0.879. The summed E-state index contributed by atoms with van der Waals surface area (Å²) in [6.45, 7) is 1.75. The maximum absolute atomic E-state index is 12.1. The van der Waals surface area contributed by atoms with Crippen LogP contribution in [0.25, 0.3) is 10.8 Å². The molecule has 1 heterocycles. The topological polar surface area (TPSA) is 59.3 Å². The molecule has 2 rings (SSSR count). The third-order valence-corrected chi connectivity index (χ3v) is 2.85. The van der Waals surface area contributed by atoms with E-state index in [1.165, 1.54) is 4.57 Å². The number of fused-ring (bicyclic) bond motifs is 1. The molecular formula is C13H13NO3. The summed E-state index contributed by atoms with van der Waals surface area (Å²) >= 11 is 0. The molecule has 1 aromatic carbocycles. The Bertz CT molecular complexity index is 615. The predicted molar refractivity (Wildman–Crippen MR) is 65.2 cm³/mol. The van der Waals surface area contributed by atoms with Crippen LogP contribution >= 0.6 is 0 Å². The average molecular weight is 231 g/mol. The van der Waals surface area contributed by atoms with Crippen LogP contribution in [0.4, 0.5) is 0 Å². The van der Waals surface area contributed by atoms with E-state index in [-0.39, 0.29) is 5.56 Å². The molecule has 0 fully saturated rings. The van der Waals surface area contributed by atoms with Crippen molar-refractivity contribution in [2.45, 2.75) is 19.4 Å². The molecule has 1 aromatic heterocycles. The van der Waals surface area contributed by atoms with Crippen molar-refractivity contribution in [2.24, 2.45) is 0 Å². The van der Waals surface area contributed by atoms with Crippen LogP contribution in [-0.2, 0) is 4.79 Å². The first-order valence-corrected chi connectivity index (χ1v) is 5.48. The second-order valence-electron chi connectivity index (χ2n) is 3.88. The summed E-state index contributed by atoms with van der Waals surface area (Å²) < 4.78 is 1.28. The molecule has 17 heavy (non-hydrogen) atoms. The van der Waals surface area contributed by atoms with Crippen LogP contribution in [0, 0.1) is 0 Å². The van der Waals surface area contributed by atoms with E-state index in [4.69, 9.17) is 5.11 Å². The van der Waals surface area contributed by atoms with Gasteiger partial charge < -0.3 is 9.67 Å². The van der Waals surface area contributed by atoms with Gasteiger partial charge >= 0.3 is 5.97 Å². The molecule has 0 bridgehead atoms. The standard InChI is InChI=1S/C13H13NO3/c1-2-11(13(16)17)14-8-7-9-5-3-4-6-10(9)12(14)15/h3-8,11H,2H2,1H3,(H,16,17)/t11-/m0/s1. The van der Waals surface area contributed by atoms with Gasteiger partial charge in [-0.3, -0.25) is 4.79 Å². The summed E-state index contributed by atoms with van der Waals surface area (Å²) in [5.74, 6) is -0.982. The van der Waals surface area contributed by atoms with E-state index in [0.717, 1.165) is 5.39 Å². The number of hydrogen-bond donors (Lipinski definition) is 1. The number of carboxylic acids is 1. The molecule has 0 spiro atoms. The largest absolute Gasteiger partial charge is 0.480 e. The van der Waals surface area contributed by atoms with Crippen LogP contribution in [0.3, 0.4) is 0 Å². The third-order valence-electron chi connectivity index (χ3n) is 2.85. The summed E-state index contributed by atoms with van der Waals surface area (Å²) in [7, 11) is 0. The lowest BCUT2D eigenvalue weighted by Gasteiger charge is -2.14. The number of benzene rings is 1. The van der Waals surface area contributed by atoms with Crippen LogP contribution in [0.2, 0.25) is 0 Å². The molecule has 0 radical (unpaired) electrons. The van der Waals surface area contributed by atoms with E-state index in [1.807, 2.05) is 12.1 Å². The number of aromatic nitrogens is 1. The monoisotopic (exact) mass is 231 g/mol. The highest BCUT2D eigenvalue weighted by Gasteiger charge is 2.18. The van der Waals surface area contributed by atoms with Gasteiger partial charge in [-0.05, 0) is 23.9 Å². The first-order valence-electron chi connectivity index (χ1n) is 5.48. The van der Waals surface area contributed by atoms with Crippen molar-refractivity contribution in [1.29, 1.82) is 0 Å². The Labute approximate surface area is 98.1 Å². The number of pyridine rings is 1. The van der Waals surface area contributed by atoms with Gasteiger partial charge in [0.25, 0.3) is 5.56 Å². The van der Waals surface area contributed by atoms with Gasteiger partial charge in [0.1, 0.15) is 6.04 Å². The van der Waals surface area contributed by atoms with E-state index >= 15 is 0 Å². The Balaban J connectivity index is 2.68. The van der Waals surface area contributed by atoms with E-state index in [9.17, 15) is 9.59 Å². The van der Waals surface area contributed by atoms with E-state index in [1.54, 1.807) is 31.3 Å². The molecule has 1 N–H and O–H groups in total. The molecule has 0 aliphatic rings. The summed E-state index contributed by atoms with van der Waals surface area (Å²) in [5, 5.41) is 10.4. The second kappa shape index (κ2) is 4.41. The number of nitrogens with zero attached hydrogens (tertiary/aromatic N) is 1. The van der Waals surface area contributed by atoms with Gasteiger partial charge in [0.2, 0.25) is 0 Å². The van der Waals surface area contributed by atoms with Gasteiger partial charge in [0.05, 0.1) is 0 Å². The van der Waals surface area contributed by atoms with Gasteiger partial charge in [0, 0.05) is 11.6 Å². The third kappa shape index (κ3) is 1.93. The lowest BCUT2D eigenvalue weighted by molar-refractivity contribution is -0.141. The molecule has 4 nitrogen and oxygen atoms in total. The number of rotatable bonds is 3. The molecule has 0 saturated heterocycles. The molecule has 0 saturated carbocycles. The van der Waals surface area contributed by atoms with E-state index in [0.29, 0.717) is 11.8 Å². The van der Waals surface area contributed by atoms with Gasteiger partial charge in [-0.15, -0.1) is 0 Å². The van der Waals surface area contributed by atoms with Crippen LogP contribution in [-0.4, -0.2) is 15.6 Å². The SMILES string of the molecule is CC[C@@H](C(=O)O)n1ccc2ccccc2c1=O. The highest BCUT2D eigenvalue weighted by Crippen LogP contribution is 2.13. The van der Waals surface area contributed by atoms with Crippen molar-refractivity contribution in [3.63, 3.8) is 0 Å². The van der Waals surface area contributed by atoms with Gasteiger partial charge in [-0.25, -0.2) is 4.79 Å². The highest BCUT2D eigenvalue weighted by molar-refractivity contribution is 5.81. The van der Waals surface area contributed by atoms with Crippen molar-refractivity contribution >= 4 is 16.7 Å². The average Bonchev–Trinajstić information content (AvgIpc) is 2.33. The molecular weight excluding hydrogens is 218 g/mol. The van der Waals surface area contributed by atoms with Crippen molar-refractivity contribution in [2.75, 3.05) is 0 Å². The van der Waals surface area contributed by atoms with Crippen molar-refractivity contribution < 1.29 is 9.90 Å². The van der Waals surface area contributed by atoms with Gasteiger partial charge in [-0.2, -0.15) is 0 Å². The zero-order valence-electron chi connectivity index (χ0n) is 9.46. The van der Waals surface area contributed by atoms with Crippen LogP contribution in [0.15, 0.2) is 41.3 Å². The van der Waals surface area contributed by atoms with Crippen LogP contribution in [0.5, 0.6) is 0 Å². The van der Waals surface area contributed by atoms with E-state index < -0.39 is 12.0 Å². The molecule has 0 unspecified atom stereocenters. The zero-order valence-corrected chi connectivity index (χ0v) is 9.46. The van der Waals surface area contributed by atoms with Gasteiger partial charge in [0.15, 0.2) is 0 Å². The maximum atomic E-state index is 12.1. The molecule has 0 aliphatic carbocycles. The zero-order chi connectivity index (χ0) is 12.4. The molecule has 2 aromatic rings. The first-order chi connectivity index (χ1) is 8.15. The Kier molecular flexibility index (Phi) is 2.95. The van der Waals surface area contributed by atoms with Crippen molar-refractivity contribution in [1.82, 2.24) is 4.57 Å². The normalized spacial score (nSPS) is 12.5. The lowest BCUT2D eigenvalue weighted by atomic mass is 10.1. The van der Waals surface area contributed by atoms with Gasteiger partial charge in [-0.1, -0.05) is 25.1 Å². The Morgan fingerprint density at radius 2 is 2.06 bits per heavy atom. The summed E-state index contributed by atoms with van der Waals surface area (Å²) in [5.41, 5.74) is -0.252. The molecule has 0 amide bonds. The molecule has 88 valence electrons. The second-order valence-corrected chi connectivity index (χ2v) is 3.88. The minimum atomic E-state index is -0.982. The fourth-order valence-corrected chi connectivity index (χ4v) is 1.94. The highest BCUT2D eigenvalue weighted by atomic mass is 16.4. The number of carboxylic acid groups (broad SMARTS) is 1. The molecule has 0 aliphatic heterocycles.